The van der Waals surface area contributed by atoms with Crippen LogP contribution in [0.2, 0.25) is 0 Å². The normalized spacial score (nSPS) is 19.9. The summed E-state index contributed by atoms with van der Waals surface area (Å²) in [6.07, 6.45) is 0. The maximum Gasteiger partial charge on any atom is 0.123 e. The van der Waals surface area contributed by atoms with Gasteiger partial charge in [-0.05, 0) is 23.3 Å². The first-order valence-corrected chi connectivity index (χ1v) is 5.89. The maximum atomic E-state index is 13.2. The third-order valence-corrected chi connectivity index (χ3v) is 3.03. The van der Waals surface area contributed by atoms with E-state index in [0.29, 0.717) is 12.0 Å². The van der Waals surface area contributed by atoms with Crippen molar-refractivity contribution in [2.24, 2.45) is 0 Å². The molecule has 16 heavy (non-hydrogen) atoms. The summed E-state index contributed by atoms with van der Waals surface area (Å²) < 4.78 is 13.2. The molecule has 2 N–H and O–H groups in total. The van der Waals surface area contributed by atoms with Crippen LogP contribution >= 0.6 is 0 Å². The molecule has 0 fully saturated rings. The number of nitrogens with one attached hydrogen (secondary N) is 2. The van der Waals surface area contributed by atoms with E-state index in [1.165, 1.54) is 5.56 Å². The molecule has 0 saturated heterocycles. The van der Waals surface area contributed by atoms with Gasteiger partial charge >= 0.3 is 0 Å². The molecule has 1 heterocycles. The highest BCUT2D eigenvalue weighted by Gasteiger charge is 2.20. The quantitative estimate of drug-likeness (QED) is 0.817. The lowest BCUT2D eigenvalue weighted by atomic mass is 9.90. The Hall–Kier alpha value is -0.930. The molecular weight excluding hydrogens is 203 g/mol. The summed E-state index contributed by atoms with van der Waals surface area (Å²) >= 11 is 0. The van der Waals surface area contributed by atoms with Gasteiger partial charge in [-0.25, -0.2) is 4.39 Å². The van der Waals surface area contributed by atoms with Gasteiger partial charge in [-0.3, -0.25) is 0 Å². The summed E-state index contributed by atoms with van der Waals surface area (Å²) in [4.78, 5) is 0. The molecule has 2 nitrogen and oxygen atoms in total. The zero-order chi connectivity index (χ0) is 11.5. The number of benzene rings is 1. The van der Waals surface area contributed by atoms with Crippen LogP contribution in [0.1, 0.15) is 30.9 Å². The predicted molar refractivity (Wildman–Crippen MR) is 64.0 cm³/mol. The van der Waals surface area contributed by atoms with Gasteiger partial charge < -0.3 is 10.6 Å². The van der Waals surface area contributed by atoms with Gasteiger partial charge in [0.25, 0.3) is 0 Å². The average molecular weight is 222 g/mol. The second-order valence-corrected chi connectivity index (χ2v) is 4.73. The summed E-state index contributed by atoms with van der Waals surface area (Å²) in [6.45, 7) is 6.94. The monoisotopic (exact) mass is 222 g/mol. The molecule has 1 aromatic carbocycles. The second kappa shape index (κ2) is 4.93. The second-order valence-electron chi connectivity index (χ2n) is 4.73. The minimum atomic E-state index is -0.129. The van der Waals surface area contributed by atoms with Crippen molar-refractivity contribution in [2.45, 2.75) is 32.4 Å². The molecule has 0 radical (unpaired) electrons. The van der Waals surface area contributed by atoms with E-state index < -0.39 is 0 Å². The number of rotatable bonds is 3. The first kappa shape index (κ1) is 11.6. The first-order valence-electron chi connectivity index (χ1n) is 5.89. The summed E-state index contributed by atoms with van der Waals surface area (Å²) in [5.41, 5.74) is 2.38. The Labute approximate surface area is 96.2 Å². The summed E-state index contributed by atoms with van der Waals surface area (Å²) in [5, 5.41) is 6.78. The van der Waals surface area contributed by atoms with E-state index in [2.05, 4.69) is 24.5 Å². The van der Waals surface area contributed by atoms with Crippen molar-refractivity contribution in [2.75, 3.05) is 13.1 Å². The van der Waals surface area contributed by atoms with Crippen LogP contribution in [0.4, 0.5) is 4.39 Å². The van der Waals surface area contributed by atoms with Gasteiger partial charge in [0.05, 0.1) is 0 Å². The van der Waals surface area contributed by atoms with Crippen LogP contribution in [-0.4, -0.2) is 19.1 Å². The SMILES string of the molecule is CC(C)NCC1CNCc2ccc(F)cc21. The number of hydrogen-bond acceptors (Lipinski definition) is 2. The van der Waals surface area contributed by atoms with Crippen molar-refractivity contribution in [3.05, 3.63) is 35.1 Å². The lowest BCUT2D eigenvalue weighted by molar-refractivity contribution is 0.475. The topological polar surface area (TPSA) is 24.1 Å². The van der Waals surface area contributed by atoms with E-state index in [1.807, 2.05) is 6.07 Å². The summed E-state index contributed by atoms with van der Waals surface area (Å²) in [5.74, 6) is 0.247. The highest BCUT2D eigenvalue weighted by molar-refractivity contribution is 5.33. The van der Waals surface area contributed by atoms with E-state index in [9.17, 15) is 4.39 Å². The lowest BCUT2D eigenvalue weighted by Crippen LogP contribution is -2.36. The van der Waals surface area contributed by atoms with Crippen LogP contribution < -0.4 is 10.6 Å². The van der Waals surface area contributed by atoms with Crippen molar-refractivity contribution in [3.63, 3.8) is 0 Å². The van der Waals surface area contributed by atoms with Crippen molar-refractivity contribution in [1.29, 1.82) is 0 Å². The minimum absolute atomic E-state index is 0.129. The van der Waals surface area contributed by atoms with Crippen molar-refractivity contribution in [3.8, 4) is 0 Å². The largest absolute Gasteiger partial charge is 0.314 e. The van der Waals surface area contributed by atoms with Crippen LogP contribution in [-0.2, 0) is 6.54 Å². The fraction of sp³-hybridized carbons (Fsp3) is 0.538. The minimum Gasteiger partial charge on any atom is -0.314 e. The summed E-state index contributed by atoms with van der Waals surface area (Å²) in [7, 11) is 0. The van der Waals surface area contributed by atoms with Crippen LogP contribution in [0.3, 0.4) is 0 Å². The van der Waals surface area contributed by atoms with Crippen molar-refractivity contribution in [1.82, 2.24) is 10.6 Å². The van der Waals surface area contributed by atoms with E-state index in [0.717, 1.165) is 25.2 Å². The van der Waals surface area contributed by atoms with Gasteiger partial charge in [-0.15, -0.1) is 0 Å². The van der Waals surface area contributed by atoms with Gasteiger partial charge in [0.15, 0.2) is 0 Å². The molecule has 0 saturated carbocycles. The zero-order valence-electron chi connectivity index (χ0n) is 9.89. The Kier molecular flexibility index (Phi) is 3.56. The molecule has 1 aromatic rings. The Bertz CT molecular complexity index is 363. The molecule has 1 atom stereocenters. The number of fused-ring (bicyclic) bond motifs is 1. The fourth-order valence-electron chi connectivity index (χ4n) is 2.16. The highest BCUT2D eigenvalue weighted by atomic mass is 19.1. The standard InChI is InChI=1S/C13H19FN2/c1-9(2)16-8-11-7-15-6-10-3-4-12(14)5-13(10)11/h3-5,9,11,15-16H,6-8H2,1-2H3. The summed E-state index contributed by atoms with van der Waals surface area (Å²) in [6, 6.07) is 5.58. The molecule has 1 aliphatic rings. The van der Waals surface area contributed by atoms with E-state index >= 15 is 0 Å². The van der Waals surface area contributed by atoms with Gasteiger partial charge in [-0.1, -0.05) is 19.9 Å². The molecule has 0 aliphatic carbocycles. The first-order chi connectivity index (χ1) is 7.66. The van der Waals surface area contributed by atoms with Gasteiger partial charge in [0.1, 0.15) is 5.82 Å². The molecular formula is C13H19FN2. The Morgan fingerprint density at radius 3 is 3.06 bits per heavy atom. The lowest BCUT2D eigenvalue weighted by Gasteiger charge is -2.27. The van der Waals surface area contributed by atoms with Gasteiger partial charge in [-0.2, -0.15) is 0 Å². The van der Waals surface area contributed by atoms with Crippen molar-refractivity contribution >= 4 is 0 Å². The smallest absolute Gasteiger partial charge is 0.123 e. The maximum absolute atomic E-state index is 13.2. The van der Waals surface area contributed by atoms with Crippen LogP contribution in [0.15, 0.2) is 18.2 Å². The Morgan fingerprint density at radius 2 is 2.31 bits per heavy atom. The Balaban J connectivity index is 2.15. The Morgan fingerprint density at radius 1 is 1.50 bits per heavy atom. The zero-order valence-corrected chi connectivity index (χ0v) is 9.89. The number of hydrogen-bond donors (Lipinski definition) is 2. The van der Waals surface area contributed by atoms with Crippen LogP contribution in [0, 0.1) is 5.82 Å². The van der Waals surface area contributed by atoms with E-state index in [-0.39, 0.29) is 5.82 Å². The van der Waals surface area contributed by atoms with Gasteiger partial charge in [0, 0.05) is 31.6 Å². The molecule has 0 bridgehead atoms. The molecule has 0 aromatic heterocycles. The molecule has 0 spiro atoms. The predicted octanol–water partition coefficient (Wildman–Crippen LogP) is 2.01. The van der Waals surface area contributed by atoms with Gasteiger partial charge in [0.2, 0.25) is 0 Å². The van der Waals surface area contributed by atoms with E-state index in [1.54, 1.807) is 12.1 Å². The molecule has 0 amide bonds. The molecule has 3 heteroatoms. The van der Waals surface area contributed by atoms with Crippen LogP contribution in [0.25, 0.3) is 0 Å². The third kappa shape index (κ3) is 2.60. The van der Waals surface area contributed by atoms with Crippen molar-refractivity contribution < 1.29 is 4.39 Å². The fourth-order valence-corrected chi connectivity index (χ4v) is 2.16. The van der Waals surface area contributed by atoms with Crippen LogP contribution in [0.5, 0.6) is 0 Å². The molecule has 88 valence electrons. The van der Waals surface area contributed by atoms with E-state index in [4.69, 9.17) is 0 Å². The molecule has 1 aliphatic heterocycles. The molecule has 2 rings (SSSR count). The molecule has 1 unspecified atom stereocenters. The highest BCUT2D eigenvalue weighted by Crippen LogP contribution is 2.24. The number of halogens is 1. The average Bonchev–Trinajstić information content (AvgIpc) is 2.26. The third-order valence-electron chi connectivity index (χ3n) is 3.03.